The summed E-state index contributed by atoms with van der Waals surface area (Å²) in [4.78, 5) is 16.1. The molecule has 1 amide bonds. The minimum Gasteiger partial charge on any atom is -0.389 e. The predicted molar refractivity (Wildman–Crippen MR) is 78.5 cm³/mol. The highest BCUT2D eigenvalue weighted by atomic mass is 32.2. The summed E-state index contributed by atoms with van der Waals surface area (Å²) in [6.45, 7) is 8.68. The standard InChI is InChI=1S/C13H26N2O3S/c1-4-18-10-12(16)9-14-5-7-15(8-6-14)13(17)11(2)19-3/h11-12,16H,4-10H2,1-3H3/t11-,12+/m0/s1. The summed E-state index contributed by atoms with van der Waals surface area (Å²) in [5.74, 6) is 0.224. The van der Waals surface area contributed by atoms with Gasteiger partial charge < -0.3 is 14.7 Å². The first-order valence-corrected chi connectivity index (χ1v) is 8.17. The molecule has 1 saturated heterocycles. The van der Waals surface area contributed by atoms with Gasteiger partial charge in [0.25, 0.3) is 0 Å². The van der Waals surface area contributed by atoms with Crippen molar-refractivity contribution in [2.75, 3.05) is 52.2 Å². The van der Waals surface area contributed by atoms with E-state index in [2.05, 4.69) is 4.90 Å². The summed E-state index contributed by atoms with van der Waals surface area (Å²) < 4.78 is 5.20. The lowest BCUT2D eigenvalue weighted by Crippen LogP contribution is -2.52. The third-order valence-corrected chi connectivity index (χ3v) is 4.28. The molecule has 1 aliphatic rings. The lowest BCUT2D eigenvalue weighted by Gasteiger charge is -2.36. The Kier molecular flexibility index (Phi) is 7.75. The summed E-state index contributed by atoms with van der Waals surface area (Å²) in [5.41, 5.74) is 0. The molecule has 0 aromatic carbocycles. The molecule has 19 heavy (non-hydrogen) atoms. The highest BCUT2D eigenvalue weighted by molar-refractivity contribution is 7.99. The van der Waals surface area contributed by atoms with Crippen molar-refractivity contribution in [3.63, 3.8) is 0 Å². The highest BCUT2D eigenvalue weighted by Crippen LogP contribution is 2.12. The number of nitrogens with zero attached hydrogens (tertiary/aromatic N) is 2. The van der Waals surface area contributed by atoms with Crippen molar-refractivity contribution in [3.05, 3.63) is 0 Å². The lowest BCUT2D eigenvalue weighted by molar-refractivity contribution is -0.132. The second kappa shape index (κ2) is 8.79. The van der Waals surface area contributed by atoms with Crippen LogP contribution >= 0.6 is 11.8 Å². The molecule has 0 saturated carbocycles. The first kappa shape index (κ1) is 16.8. The van der Waals surface area contributed by atoms with Gasteiger partial charge in [0.15, 0.2) is 0 Å². The van der Waals surface area contributed by atoms with Crippen molar-refractivity contribution >= 4 is 17.7 Å². The number of piperazine rings is 1. The number of β-amino-alcohol motifs (C(OH)–C–C–N with tert-alkyl or cyclic N) is 1. The number of carbonyl (C=O) groups excluding carboxylic acids is 1. The first-order valence-electron chi connectivity index (χ1n) is 6.88. The van der Waals surface area contributed by atoms with E-state index in [9.17, 15) is 9.90 Å². The number of hydrogen-bond acceptors (Lipinski definition) is 5. The van der Waals surface area contributed by atoms with E-state index in [0.29, 0.717) is 19.8 Å². The highest BCUT2D eigenvalue weighted by Gasteiger charge is 2.25. The number of ether oxygens (including phenoxy) is 1. The van der Waals surface area contributed by atoms with Gasteiger partial charge in [0.1, 0.15) is 0 Å². The molecule has 0 aromatic heterocycles. The van der Waals surface area contributed by atoms with E-state index >= 15 is 0 Å². The van der Waals surface area contributed by atoms with Gasteiger partial charge in [-0.15, -0.1) is 0 Å². The molecule has 0 bridgehead atoms. The maximum Gasteiger partial charge on any atom is 0.235 e. The quantitative estimate of drug-likeness (QED) is 0.730. The van der Waals surface area contributed by atoms with Crippen LogP contribution in [0.4, 0.5) is 0 Å². The molecule has 0 aliphatic carbocycles. The Bertz CT molecular complexity index is 271. The summed E-state index contributed by atoms with van der Waals surface area (Å²) in [6, 6.07) is 0. The molecule has 0 unspecified atom stereocenters. The maximum atomic E-state index is 12.0. The smallest absolute Gasteiger partial charge is 0.235 e. The minimum atomic E-state index is -0.438. The van der Waals surface area contributed by atoms with Crippen molar-refractivity contribution in [2.45, 2.75) is 25.2 Å². The Morgan fingerprint density at radius 3 is 2.53 bits per heavy atom. The fourth-order valence-corrected chi connectivity index (χ4v) is 2.46. The molecule has 0 aromatic rings. The van der Waals surface area contributed by atoms with Gasteiger partial charge in [-0.3, -0.25) is 9.69 Å². The van der Waals surface area contributed by atoms with Crippen molar-refractivity contribution < 1.29 is 14.6 Å². The van der Waals surface area contributed by atoms with E-state index in [0.717, 1.165) is 26.2 Å². The maximum absolute atomic E-state index is 12.0. The average molecular weight is 290 g/mol. The average Bonchev–Trinajstić information content (AvgIpc) is 2.44. The predicted octanol–water partition coefficient (Wildman–Crippen LogP) is 0.280. The number of thioether (sulfide) groups is 1. The van der Waals surface area contributed by atoms with Gasteiger partial charge in [-0.05, 0) is 20.1 Å². The summed E-state index contributed by atoms with van der Waals surface area (Å²) >= 11 is 1.59. The van der Waals surface area contributed by atoms with E-state index in [4.69, 9.17) is 4.74 Å². The first-order chi connectivity index (χ1) is 9.08. The molecular formula is C13H26N2O3S. The molecule has 1 N–H and O–H groups in total. The van der Waals surface area contributed by atoms with E-state index < -0.39 is 6.10 Å². The number of carbonyl (C=O) groups is 1. The number of amides is 1. The number of hydrogen-bond donors (Lipinski definition) is 1. The third kappa shape index (κ3) is 5.69. The van der Waals surface area contributed by atoms with Crippen LogP contribution < -0.4 is 0 Å². The third-order valence-electron chi connectivity index (χ3n) is 3.37. The molecule has 1 heterocycles. The molecule has 0 radical (unpaired) electrons. The van der Waals surface area contributed by atoms with Gasteiger partial charge in [-0.2, -0.15) is 11.8 Å². The number of aliphatic hydroxyl groups is 1. The van der Waals surface area contributed by atoms with Crippen molar-refractivity contribution in [1.29, 1.82) is 0 Å². The van der Waals surface area contributed by atoms with Gasteiger partial charge in [-0.1, -0.05) is 0 Å². The van der Waals surface area contributed by atoms with Crippen LogP contribution in [0.25, 0.3) is 0 Å². The zero-order valence-electron chi connectivity index (χ0n) is 12.2. The fraction of sp³-hybridized carbons (Fsp3) is 0.923. The second-order valence-corrected chi connectivity index (χ2v) is 6.00. The Morgan fingerprint density at radius 2 is 2.00 bits per heavy atom. The molecule has 2 atom stereocenters. The molecule has 6 heteroatoms. The zero-order valence-corrected chi connectivity index (χ0v) is 13.0. The molecule has 1 aliphatic heterocycles. The van der Waals surface area contributed by atoms with Gasteiger partial charge in [-0.25, -0.2) is 0 Å². The number of rotatable bonds is 7. The van der Waals surface area contributed by atoms with E-state index in [1.807, 2.05) is 25.0 Å². The van der Waals surface area contributed by atoms with Crippen LogP contribution in [0.5, 0.6) is 0 Å². The molecule has 112 valence electrons. The van der Waals surface area contributed by atoms with E-state index in [1.165, 1.54) is 0 Å². The Morgan fingerprint density at radius 1 is 1.37 bits per heavy atom. The summed E-state index contributed by atoms with van der Waals surface area (Å²) in [6.07, 6.45) is 1.52. The largest absolute Gasteiger partial charge is 0.389 e. The van der Waals surface area contributed by atoms with E-state index in [-0.39, 0.29) is 11.2 Å². The van der Waals surface area contributed by atoms with Crippen LogP contribution in [0.15, 0.2) is 0 Å². The SMILES string of the molecule is CCOC[C@H](O)CN1CCN(C(=O)[C@H](C)SC)CC1. The van der Waals surface area contributed by atoms with Crippen molar-refractivity contribution in [2.24, 2.45) is 0 Å². The van der Waals surface area contributed by atoms with Crippen molar-refractivity contribution in [3.8, 4) is 0 Å². The van der Waals surface area contributed by atoms with Crippen LogP contribution in [-0.4, -0.2) is 84.4 Å². The van der Waals surface area contributed by atoms with Crippen molar-refractivity contribution in [1.82, 2.24) is 9.80 Å². The molecule has 1 fully saturated rings. The Hall–Kier alpha value is -0.300. The normalized spacial score (nSPS) is 20.3. The number of aliphatic hydroxyl groups excluding tert-OH is 1. The van der Waals surface area contributed by atoms with Gasteiger partial charge in [0.2, 0.25) is 5.91 Å². The zero-order chi connectivity index (χ0) is 14.3. The summed E-state index contributed by atoms with van der Waals surface area (Å²) in [5, 5.41) is 9.82. The molecule has 1 rings (SSSR count). The van der Waals surface area contributed by atoms with E-state index in [1.54, 1.807) is 11.8 Å². The van der Waals surface area contributed by atoms with Gasteiger partial charge in [0.05, 0.1) is 18.0 Å². The molecular weight excluding hydrogens is 264 g/mol. The fourth-order valence-electron chi connectivity index (χ4n) is 2.11. The Balaban J connectivity index is 2.27. The summed E-state index contributed by atoms with van der Waals surface area (Å²) in [7, 11) is 0. The topological polar surface area (TPSA) is 53.0 Å². The minimum absolute atomic E-state index is 0.0371. The van der Waals surface area contributed by atoms with Gasteiger partial charge in [0, 0.05) is 39.3 Å². The molecule has 5 nitrogen and oxygen atoms in total. The van der Waals surface area contributed by atoms with Crippen LogP contribution in [0.1, 0.15) is 13.8 Å². The Labute approximate surface area is 120 Å². The van der Waals surface area contributed by atoms with Crippen LogP contribution in [0, 0.1) is 0 Å². The lowest BCUT2D eigenvalue weighted by atomic mass is 10.2. The van der Waals surface area contributed by atoms with Crippen LogP contribution in [-0.2, 0) is 9.53 Å². The van der Waals surface area contributed by atoms with Gasteiger partial charge >= 0.3 is 0 Å². The molecule has 0 spiro atoms. The second-order valence-electron chi connectivity index (χ2n) is 4.82. The van der Waals surface area contributed by atoms with Crippen LogP contribution in [0.2, 0.25) is 0 Å². The monoisotopic (exact) mass is 290 g/mol. The van der Waals surface area contributed by atoms with Crippen LogP contribution in [0.3, 0.4) is 0 Å².